The van der Waals surface area contributed by atoms with Crippen LogP contribution in [-0.2, 0) is 11.3 Å². The van der Waals surface area contributed by atoms with E-state index in [1.165, 1.54) is 0 Å². The van der Waals surface area contributed by atoms with E-state index < -0.39 is 0 Å². The van der Waals surface area contributed by atoms with Crippen LogP contribution in [0.5, 0.6) is 0 Å². The number of rotatable bonds is 3. The van der Waals surface area contributed by atoms with E-state index in [0.717, 1.165) is 0 Å². The van der Waals surface area contributed by atoms with Crippen LogP contribution in [0.15, 0.2) is 4.52 Å². The molecule has 0 saturated carbocycles. The van der Waals surface area contributed by atoms with Gasteiger partial charge in [0.05, 0.1) is 6.04 Å². The highest BCUT2D eigenvalue weighted by molar-refractivity contribution is 4.88. The summed E-state index contributed by atoms with van der Waals surface area (Å²) in [5, 5.41) is 3.64. The Hall–Kier alpha value is -0.940. The average molecular weight is 157 g/mol. The highest BCUT2D eigenvalue weighted by atomic mass is 16.5. The van der Waals surface area contributed by atoms with Crippen LogP contribution in [0.2, 0.25) is 0 Å². The number of nitrogens with zero attached hydrogens (tertiary/aromatic N) is 2. The lowest BCUT2D eigenvalue weighted by molar-refractivity contribution is 0.174. The van der Waals surface area contributed by atoms with Crippen LogP contribution in [-0.4, -0.2) is 17.3 Å². The van der Waals surface area contributed by atoms with Crippen LogP contribution in [0.25, 0.3) is 0 Å². The molecule has 0 bridgehead atoms. The smallest absolute Gasteiger partial charge is 0.243 e. The molecule has 1 aromatic rings. The minimum Gasteiger partial charge on any atom is -0.377 e. The van der Waals surface area contributed by atoms with E-state index in [1.54, 1.807) is 14.0 Å². The van der Waals surface area contributed by atoms with Gasteiger partial charge < -0.3 is 15.0 Å². The highest BCUT2D eigenvalue weighted by Gasteiger charge is 2.08. The molecular weight excluding hydrogens is 146 g/mol. The molecule has 0 aliphatic heterocycles. The molecular formula is C6H11N3O2. The second-order valence-electron chi connectivity index (χ2n) is 2.27. The van der Waals surface area contributed by atoms with Crippen LogP contribution in [0, 0.1) is 0 Å². The van der Waals surface area contributed by atoms with Crippen LogP contribution in [0.4, 0.5) is 0 Å². The molecule has 2 N–H and O–H groups in total. The van der Waals surface area contributed by atoms with E-state index in [1.807, 2.05) is 0 Å². The Bertz CT molecular complexity index is 221. The Balaban J connectivity index is 2.66. The molecule has 11 heavy (non-hydrogen) atoms. The van der Waals surface area contributed by atoms with Gasteiger partial charge in [-0.2, -0.15) is 4.98 Å². The summed E-state index contributed by atoms with van der Waals surface area (Å²) in [5.41, 5.74) is 5.49. The zero-order chi connectivity index (χ0) is 8.27. The van der Waals surface area contributed by atoms with E-state index in [9.17, 15) is 0 Å². The van der Waals surface area contributed by atoms with Crippen molar-refractivity contribution in [1.82, 2.24) is 10.1 Å². The van der Waals surface area contributed by atoms with Gasteiger partial charge in [0, 0.05) is 7.11 Å². The topological polar surface area (TPSA) is 74.2 Å². The largest absolute Gasteiger partial charge is 0.377 e. The molecule has 5 heteroatoms. The molecule has 0 aliphatic rings. The Kier molecular flexibility index (Phi) is 2.56. The molecule has 1 aromatic heterocycles. The van der Waals surface area contributed by atoms with Gasteiger partial charge in [-0.25, -0.2) is 0 Å². The van der Waals surface area contributed by atoms with Crippen molar-refractivity contribution in [3.8, 4) is 0 Å². The maximum atomic E-state index is 5.49. The summed E-state index contributed by atoms with van der Waals surface area (Å²) < 4.78 is 9.61. The summed E-state index contributed by atoms with van der Waals surface area (Å²) >= 11 is 0. The van der Waals surface area contributed by atoms with Crippen molar-refractivity contribution < 1.29 is 9.26 Å². The molecule has 5 nitrogen and oxygen atoms in total. The van der Waals surface area contributed by atoms with Crippen molar-refractivity contribution in [3.05, 3.63) is 11.7 Å². The fourth-order valence-electron chi connectivity index (χ4n) is 0.640. The minimum atomic E-state index is -0.215. The van der Waals surface area contributed by atoms with Gasteiger partial charge in [-0.1, -0.05) is 5.16 Å². The zero-order valence-corrected chi connectivity index (χ0v) is 6.57. The summed E-state index contributed by atoms with van der Waals surface area (Å²) in [6.45, 7) is 2.14. The van der Waals surface area contributed by atoms with Gasteiger partial charge in [0.15, 0.2) is 5.82 Å². The van der Waals surface area contributed by atoms with Gasteiger partial charge in [-0.15, -0.1) is 0 Å². The second-order valence-corrected chi connectivity index (χ2v) is 2.27. The number of hydrogen-bond donors (Lipinski definition) is 1. The van der Waals surface area contributed by atoms with Crippen molar-refractivity contribution >= 4 is 0 Å². The maximum Gasteiger partial charge on any atom is 0.243 e. The van der Waals surface area contributed by atoms with Crippen molar-refractivity contribution in [1.29, 1.82) is 0 Å². The summed E-state index contributed by atoms with van der Waals surface area (Å²) in [5.74, 6) is 0.969. The third-order valence-electron chi connectivity index (χ3n) is 1.15. The van der Waals surface area contributed by atoms with Gasteiger partial charge >= 0.3 is 0 Å². The molecule has 1 rings (SSSR count). The average Bonchev–Trinajstić information content (AvgIpc) is 2.37. The molecule has 0 fully saturated rings. The molecule has 1 heterocycles. The SMILES string of the molecule is COCc1noc(C(C)N)n1. The van der Waals surface area contributed by atoms with E-state index in [2.05, 4.69) is 10.1 Å². The number of hydrogen-bond acceptors (Lipinski definition) is 5. The highest BCUT2D eigenvalue weighted by Crippen LogP contribution is 2.05. The number of methoxy groups -OCH3 is 1. The summed E-state index contributed by atoms with van der Waals surface area (Å²) in [6, 6.07) is -0.215. The quantitative estimate of drug-likeness (QED) is 0.680. The van der Waals surface area contributed by atoms with Gasteiger partial charge in [0.2, 0.25) is 5.89 Å². The molecule has 0 amide bonds. The first-order valence-electron chi connectivity index (χ1n) is 3.31. The van der Waals surface area contributed by atoms with Crippen molar-refractivity contribution in [2.24, 2.45) is 5.73 Å². The zero-order valence-electron chi connectivity index (χ0n) is 6.57. The third kappa shape index (κ3) is 1.99. The fraction of sp³-hybridized carbons (Fsp3) is 0.667. The molecule has 0 saturated heterocycles. The Morgan fingerprint density at radius 2 is 2.45 bits per heavy atom. The van der Waals surface area contributed by atoms with E-state index >= 15 is 0 Å². The van der Waals surface area contributed by atoms with Crippen LogP contribution >= 0.6 is 0 Å². The molecule has 0 radical (unpaired) electrons. The van der Waals surface area contributed by atoms with E-state index in [4.69, 9.17) is 15.0 Å². The van der Waals surface area contributed by atoms with Crippen molar-refractivity contribution in [2.45, 2.75) is 19.6 Å². The van der Waals surface area contributed by atoms with Gasteiger partial charge in [0.1, 0.15) is 6.61 Å². The normalized spacial score (nSPS) is 13.4. The Morgan fingerprint density at radius 3 is 2.91 bits per heavy atom. The second kappa shape index (κ2) is 3.45. The van der Waals surface area contributed by atoms with Crippen molar-refractivity contribution in [2.75, 3.05) is 7.11 Å². The number of aromatic nitrogens is 2. The van der Waals surface area contributed by atoms with E-state index in [0.29, 0.717) is 18.3 Å². The molecule has 0 aliphatic carbocycles. The predicted octanol–water partition coefficient (Wildman–Crippen LogP) is 0.236. The lowest BCUT2D eigenvalue weighted by atomic mass is 10.4. The lowest BCUT2D eigenvalue weighted by Crippen LogP contribution is -2.05. The first-order chi connectivity index (χ1) is 5.24. The van der Waals surface area contributed by atoms with Crippen LogP contribution in [0.1, 0.15) is 24.7 Å². The third-order valence-corrected chi connectivity index (χ3v) is 1.15. The predicted molar refractivity (Wildman–Crippen MR) is 37.6 cm³/mol. The van der Waals surface area contributed by atoms with Crippen molar-refractivity contribution in [3.63, 3.8) is 0 Å². The monoisotopic (exact) mass is 157 g/mol. The Morgan fingerprint density at radius 1 is 1.73 bits per heavy atom. The summed E-state index contributed by atoms with van der Waals surface area (Å²) in [6.07, 6.45) is 0. The minimum absolute atomic E-state index is 0.215. The van der Waals surface area contributed by atoms with Gasteiger partial charge in [0.25, 0.3) is 0 Å². The first-order valence-corrected chi connectivity index (χ1v) is 3.31. The van der Waals surface area contributed by atoms with Crippen LogP contribution in [0.3, 0.4) is 0 Å². The van der Waals surface area contributed by atoms with Gasteiger partial charge in [-0.05, 0) is 6.92 Å². The molecule has 1 atom stereocenters. The molecule has 62 valence electrons. The molecule has 0 spiro atoms. The lowest BCUT2D eigenvalue weighted by Gasteiger charge is -1.92. The van der Waals surface area contributed by atoms with Crippen LogP contribution < -0.4 is 5.73 Å². The summed E-state index contributed by atoms with van der Waals surface area (Å²) in [4.78, 5) is 3.97. The van der Waals surface area contributed by atoms with E-state index in [-0.39, 0.29) is 6.04 Å². The van der Waals surface area contributed by atoms with Gasteiger partial charge in [-0.3, -0.25) is 0 Å². The maximum absolute atomic E-state index is 5.49. The molecule has 0 aromatic carbocycles. The Labute approximate surface area is 64.5 Å². The summed E-state index contributed by atoms with van der Waals surface area (Å²) in [7, 11) is 1.57. The first kappa shape index (κ1) is 8.16. The number of ether oxygens (including phenoxy) is 1. The standard InChI is InChI=1S/C6H11N3O2/c1-4(7)6-8-5(3-10-2)9-11-6/h4H,3,7H2,1-2H3. The fourth-order valence-corrected chi connectivity index (χ4v) is 0.640. The number of nitrogens with two attached hydrogens (primary N) is 1. The molecule has 1 unspecified atom stereocenters.